The van der Waals surface area contributed by atoms with E-state index in [1.807, 2.05) is 9.80 Å². The lowest BCUT2D eigenvalue weighted by Crippen LogP contribution is -2.39. The van der Waals surface area contributed by atoms with Crippen molar-refractivity contribution in [3.8, 4) is 0 Å². The molecule has 2 amide bonds. The van der Waals surface area contributed by atoms with Crippen molar-refractivity contribution < 1.29 is 9.59 Å². The molecule has 0 atom stereocenters. The topological polar surface area (TPSA) is 40.6 Å². The maximum absolute atomic E-state index is 11.9. The molecule has 0 aromatic heterocycles. The Morgan fingerprint density at radius 2 is 1.08 bits per heavy atom. The van der Waals surface area contributed by atoms with Crippen LogP contribution in [-0.2, 0) is 9.59 Å². The first kappa shape index (κ1) is 19.7. The van der Waals surface area contributed by atoms with E-state index >= 15 is 0 Å². The van der Waals surface area contributed by atoms with Crippen molar-refractivity contribution >= 4 is 11.8 Å². The fourth-order valence-electron chi connectivity index (χ4n) is 4.08. The summed E-state index contributed by atoms with van der Waals surface area (Å²) in [5, 5.41) is 0. The van der Waals surface area contributed by atoms with Crippen molar-refractivity contribution in [3.63, 3.8) is 0 Å². The third-order valence-corrected chi connectivity index (χ3v) is 5.76. The first-order valence-corrected chi connectivity index (χ1v) is 9.78. The van der Waals surface area contributed by atoms with Gasteiger partial charge in [-0.2, -0.15) is 0 Å². The number of carbonyl (C=O) groups is 2. The summed E-state index contributed by atoms with van der Waals surface area (Å²) >= 11 is 0. The second-order valence-corrected chi connectivity index (χ2v) is 7.96. The lowest BCUT2D eigenvalue weighted by molar-refractivity contribution is -0.129. The van der Waals surface area contributed by atoms with Gasteiger partial charge in [0, 0.05) is 37.3 Å². The fourth-order valence-corrected chi connectivity index (χ4v) is 4.08. The molecule has 2 aliphatic rings. The van der Waals surface area contributed by atoms with Crippen LogP contribution in [0.3, 0.4) is 0 Å². The molecule has 0 aliphatic carbocycles. The van der Waals surface area contributed by atoms with E-state index < -0.39 is 0 Å². The number of amides is 2. The van der Waals surface area contributed by atoms with Gasteiger partial charge in [-0.25, -0.2) is 0 Å². The van der Waals surface area contributed by atoms with Crippen LogP contribution in [0.25, 0.3) is 0 Å². The van der Waals surface area contributed by atoms with E-state index in [0.717, 1.165) is 63.7 Å². The van der Waals surface area contributed by atoms with Gasteiger partial charge in [-0.3, -0.25) is 9.59 Å². The van der Waals surface area contributed by atoms with E-state index in [4.69, 9.17) is 0 Å². The van der Waals surface area contributed by atoms with E-state index in [-0.39, 0.29) is 11.8 Å². The molecule has 4 nitrogen and oxygen atoms in total. The van der Waals surface area contributed by atoms with Crippen LogP contribution < -0.4 is 0 Å². The molecule has 0 saturated carbocycles. The Bertz CT molecular complexity index is 464. The van der Waals surface area contributed by atoms with Crippen LogP contribution in [0.15, 0.2) is 24.3 Å². The lowest BCUT2D eigenvalue weighted by atomic mass is 9.86. The highest BCUT2D eigenvalue weighted by Crippen LogP contribution is 2.27. The molecule has 0 unspecified atom stereocenters. The van der Waals surface area contributed by atoms with Gasteiger partial charge in [0.1, 0.15) is 0 Å². The first-order valence-electron chi connectivity index (χ1n) is 9.78. The summed E-state index contributed by atoms with van der Waals surface area (Å²) in [7, 11) is 0. The fraction of sp³-hybridized carbons (Fsp3) is 0.714. The Labute approximate surface area is 152 Å². The molecule has 2 aliphatic heterocycles. The highest BCUT2D eigenvalue weighted by Gasteiger charge is 2.25. The number of nitrogens with zero attached hydrogens (tertiary/aromatic N) is 2. The third-order valence-electron chi connectivity index (χ3n) is 5.76. The molecule has 140 valence electrons. The summed E-state index contributed by atoms with van der Waals surface area (Å²) in [4.78, 5) is 27.8. The Hall–Kier alpha value is -1.58. The van der Waals surface area contributed by atoms with Crippen LogP contribution in [-0.4, -0.2) is 47.8 Å². The zero-order valence-electron chi connectivity index (χ0n) is 16.1. The lowest BCUT2D eigenvalue weighted by Gasteiger charge is -2.34. The number of hydrogen-bond donors (Lipinski definition) is 0. The molecule has 0 N–H and O–H groups in total. The molecule has 2 saturated heterocycles. The zero-order chi connectivity index (χ0) is 18.4. The van der Waals surface area contributed by atoms with Gasteiger partial charge in [0.15, 0.2) is 0 Å². The van der Waals surface area contributed by atoms with Crippen molar-refractivity contribution in [2.75, 3.05) is 26.2 Å². The van der Waals surface area contributed by atoms with Gasteiger partial charge in [-0.05, 0) is 51.4 Å². The number of carbonyl (C=O) groups excluding carboxylic acids is 2. The number of hydrogen-bond acceptors (Lipinski definition) is 2. The zero-order valence-corrected chi connectivity index (χ0v) is 16.1. The molecular weight excluding hydrogens is 312 g/mol. The van der Waals surface area contributed by atoms with Crippen molar-refractivity contribution in [1.29, 1.82) is 0 Å². The molecule has 2 fully saturated rings. The van der Waals surface area contributed by atoms with E-state index in [1.54, 1.807) is 13.8 Å². The van der Waals surface area contributed by atoms with Crippen LogP contribution in [0, 0.1) is 11.8 Å². The summed E-state index contributed by atoms with van der Waals surface area (Å²) in [5.74, 6) is 1.77. The van der Waals surface area contributed by atoms with Gasteiger partial charge in [0.2, 0.25) is 11.8 Å². The normalized spacial score (nSPS) is 19.8. The maximum atomic E-state index is 11.9. The highest BCUT2D eigenvalue weighted by molar-refractivity contribution is 5.92. The van der Waals surface area contributed by atoms with Crippen LogP contribution in [0.4, 0.5) is 0 Å². The summed E-state index contributed by atoms with van der Waals surface area (Å²) < 4.78 is 0. The van der Waals surface area contributed by atoms with E-state index in [0.29, 0.717) is 11.1 Å². The Morgan fingerprint density at radius 1 is 0.760 bits per heavy atom. The predicted molar refractivity (Wildman–Crippen MR) is 102 cm³/mol. The molecule has 0 radical (unpaired) electrons. The summed E-state index contributed by atoms with van der Waals surface area (Å²) in [6.07, 6.45) is 8.35. The van der Waals surface area contributed by atoms with Crippen LogP contribution in [0.1, 0.15) is 58.8 Å². The Kier molecular flexibility index (Phi) is 7.27. The molecule has 0 aromatic carbocycles. The van der Waals surface area contributed by atoms with Gasteiger partial charge in [0.05, 0.1) is 0 Å². The van der Waals surface area contributed by atoms with Crippen molar-refractivity contribution in [2.45, 2.75) is 58.8 Å². The van der Waals surface area contributed by atoms with Gasteiger partial charge in [-0.1, -0.05) is 32.4 Å². The first-order chi connectivity index (χ1) is 11.9. The molecule has 0 aromatic rings. The highest BCUT2D eigenvalue weighted by atomic mass is 16.2. The van der Waals surface area contributed by atoms with Crippen LogP contribution in [0.5, 0.6) is 0 Å². The third kappa shape index (κ3) is 5.72. The van der Waals surface area contributed by atoms with Crippen LogP contribution in [0.2, 0.25) is 0 Å². The minimum absolute atomic E-state index is 0.120. The van der Waals surface area contributed by atoms with Crippen LogP contribution >= 0.6 is 0 Å². The van der Waals surface area contributed by atoms with Crippen molar-refractivity contribution in [3.05, 3.63) is 24.3 Å². The average molecular weight is 347 g/mol. The smallest absolute Gasteiger partial charge is 0.248 e. The molecule has 25 heavy (non-hydrogen) atoms. The molecule has 0 spiro atoms. The predicted octanol–water partition coefficient (Wildman–Crippen LogP) is 3.79. The summed E-state index contributed by atoms with van der Waals surface area (Å²) in [5.41, 5.74) is 1.30. The maximum Gasteiger partial charge on any atom is 0.248 e. The largest absolute Gasteiger partial charge is 0.339 e. The van der Waals surface area contributed by atoms with Gasteiger partial charge in [-0.15, -0.1) is 0 Å². The monoisotopic (exact) mass is 346 g/mol. The average Bonchev–Trinajstić information content (AvgIpc) is 2.61. The minimum Gasteiger partial charge on any atom is -0.339 e. The Balaban J connectivity index is 1.60. The standard InChI is InChI=1S/C21H34N2O2/c1-16(2)20(24)22-12-8-18(9-13-22)6-5-7-19-10-14-23(15-11-19)21(25)17(3)4/h18-19H,1,3,5-15H2,2,4H3. The van der Waals surface area contributed by atoms with E-state index in [1.165, 1.54) is 19.3 Å². The van der Waals surface area contributed by atoms with Gasteiger partial charge < -0.3 is 9.80 Å². The van der Waals surface area contributed by atoms with Gasteiger partial charge >= 0.3 is 0 Å². The van der Waals surface area contributed by atoms with E-state index in [9.17, 15) is 9.59 Å². The SMILES string of the molecule is C=C(C)C(=O)N1CCC(CCCC2CCN(C(=O)C(=C)C)CC2)CC1. The number of piperidine rings is 2. The second kappa shape index (κ2) is 9.21. The summed E-state index contributed by atoms with van der Waals surface area (Å²) in [6, 6.07) is 0. The molecular formula is C21H34N2O2. The Morgan fingerprint density at radius 3 is 1.36 bits per heavy atom. The van der Waals surface area contributed by atoms with Crippen molar-refractivity contribution in [2.24, 2.45) is 11.8 Å². The van der Waals surface area contributed by atoms with Gasteiger partial charge in [0.25, 0.3) is 0 Å². The molecule has 2 heterocycles. The van der Waals surface area contributed by atoms with Crippen molar-refractivity contribution in [1.82, 2.24) is 9.80 Å². The molecule has 4 heteroatoms. The summed E-state index contributed by atoms with van der Waals surface area (Å²) in [6.45, 7) is 14.6. The quantitative estimate of drug-likeness (QED) is 0.687. The second-order valence-electron chi connectivity index (χ2n) is 7.96. The minimum atomic E-state index is 0.120. The number of likely N-dealkylation sites (tertiary alicyclic amines) is 2. The number of rotatable bonds is 6. The molecule has 0 bridgehead atoms. The van der Waals surface area contributed by atoms with E-state index in [2.05, 4.69) is 13.2 Å². The molecule has 2 rings (SSSR count).